The molecule has 0 spiro atoms. The van der Waals surface area contributed by atoms with Crippen LogP contribution >= 0.6 is 0 Å². The van der Waals surface area contributed by atoms with Gasteiger partial charge in [-0.2, -0.15) is 0 Å². The van der Waals surface area contributed by atoms with Crippen molar-refractivity contribution in [2.24, 2.45) is 41.4 Å². The molecule has 0 radical (unpaired) electrons. The maximum absolute atomic E-state index is 11.0. The number of hydrogen-bond acceptors (Lipinski definition) is 1. The summed E-state index contributed by atoms with van der Waals surface area (Å²) in [6.07, 6.45) is 3.33. The molecule has 3 rings (SSSR count). The van der Waals surface area contributed by atoms with Gasteiger partial charge < -0.3 is 5.11 Å². The zero-order valence-electron chi connectivity index (χ0n) is 9.52. The van der Waals surface area contributed by atoms with Crippen LogP contribution in [0.15, 0.2) is 0 Å². The third-order valence-electron chi connectivity index (χ3n) is 5.84. The molecule has 0 saturated heterocycles. The Morgan fingerprint density at radius 1 is 0.933 bits per heavy atom. The molecule has 3 aliphatic rings. The Morgan fingerprint density at radius 2 is 1.40 bits per heavy atom. The van der Waals surface area contributed by atoms with Crippen molar-refractivity contribution >= 4 is 5.97 Å². The van der Waals surface area contributed by atoms with Gasteiger partial charge in [0.2, 0.25) is 0 Å². The average molecular weight is 208 g/mol. The van der Waals surface area contributed by atoms with Crippen LogP contribution < -0.4 is 0 Å². The van der Waals surface area contributed by atoms with E-state index < -0.39 is 5.97 Å². The second-order valence-corrected chi connectivity index (χ2v) is 6.12. The van der Waals surface area contributed by atoms with Crippen LogP contribution in [0.5, 0.6) is 0 Å². The Morgan fingerprint density at radius 3 is 1.80 bits per heavy atom. The third kappa shape index (κ3) is 1.14. The third-order valence-corrected chi connectivity index (χ3v) is 5.84. The Balaban J connectivity index is 1.82. The van der Waals surface area contributed by atoms with Gasteiger partial charge >= 0.3 is 5.97 Å². The molecule has 3 saturated carbocycles. The van der Waals surface area contributed by atoms with Crippen molar-refractivity contribution in [1.29, 1.82) is 0 Å². The topological polar surface area (TPSA) is 37.3 Å². The van der Waals surface area contributed by atoms with Gasteiger partial charge in [0.15, 0.2) is 0 Å². The molecule has 3 aliphatic carbocycles. The van der Waals surface area contributed by atoms with E-state index in [9.17, 15) is 4.79 Å². The molecule has 0 aromatic rings. The van der Waals surface area contributed by atoms with E-state index >= 15 is 0 Å². The molecular weight excluding hydrogens is 188 g/mol. The van der Waals surface area contributed by atoms with E-state index in [1.54, 1.807) is 0 Å². The lowest BCUT2D eigenvalue weighted by atomic mass is 9.71. The van der Waals surface area contributed by atoms with Gasteiger partial charge in [0.05, 0.1) is 5.92 Å². The predicted octanol–water partition coefficient (Wildman–Crippen LogP) is 2.64. The van der Waals surface area contributed by atoms with Crippen molar-refractivity contribution in [3.8, 4) is 0 Å². The molecule has 0 aromatic heterocycles. The molecular formula is C13H20O2. The predicted molar refractivity (Wildman–Crippen MR) is 57.3 cm³/mol. The number of fused-ring (bicyclic) bond motifs is 5. The monoisotopic (exact) mass is 208 g/mol. The average Bonchev–Trinajstić information content (AvgIpc) is 2.77. The minimum absolute atomic E-state index is 0.0252. The van der Waals surface area contributed by atoms with Gasteiger partial charge in [0.1, 0.15) is 0 Å². The van der Waals surface area contributed by atoms with Crippen LogP contribution in [-0.4, -0.2) is 11.1 Å². The lowest BCUT2D eigenvalue weighted by Crippen LogP contribution is -2.28. The van der Waals surface area contributed by atoms with E-state index in [4.69, 9.17) is 5.11 Å². The quantitative estimate of drug-likeness (QED) is 0.719. The molecule has 3 fully saturated rings. The minimum Gasteiger partial charge on any atom is -0.481 e. The van der Waals surface area contributed by atoms with Crippen molar-refractivity contribution in [3.05, 3.63) is 0 Å². The van der Waals surface area contributed by atoms with Crippen molar-refractivity contribution in [1.82, 2.24) is 0 Å². The summed E-state index contributed by atoms with van der Waals surface area (Å²) in [5.74, 6) is 4.29. The highest BCUT2D eigenvalue weighted by atomic mass is 16.4. The number of rotatable bonds is 1. The largest absolute Gasteiger partial charge is 0.481 e. The molecule has 0 amide bonds. The first-order chi connectivity index (χ1) is 7.09. The van der Waals surface area contributed by atoms with Crippen LogP contribution in [-0.2, 0) is 4.79 Å². The molecule has 0 aromatic carbocycles. The van der Waals surface area contributed by atoms with E-state index in [-0.39, 0.29) is 5.92 Å². The maximum atomic E-state index is 11.0. The molecule has 84 valence electrons. The molecule has 1 N–H and O–H groups in total. The van der Waals surface area contributed by atoms with Crippen molar-refractivity contribution in [2.45, 2.75) is 33.1 Å². The lowest BCUT2D eigenvalue weighted by molar-refractivity contribution is -0.141. The summed E-state index contributed by atoms with van der Waals surface area (Å²) in [7, 11) is 0. The number of carboxylic acid groups (broad SMARTS) is 1. The summed E-state index contributed by atoms with van der Waals surface area (Å²) >= 11 is 0. The zero-order valence-corrected chi connectivity index (χ0v) is 9.52. The fourth-order valence-electron chi connectivity index (χ4n) is 4.94. The first-order valence-corrected chi connectivity index (χ1v) is 6.32. The van der Waals surface area contributed by atoms with Gasteiger partial charge in [-0.1, -0.05) is 13.8 Å². The van der Waals surface area contributed by atoms with Gasteiger partial charge in [-0.05, 0) is 54.8 Å². The van der Waals surface area contributed by atoms with Crippen molar-refractivity contribution in [2.75, 3.05) is 0 Å². The van der Waals surface area contributed by atoms with Gasteiger partial charge in [-0.3, -0.25) is 4.79 Å². The Kier molecular flexibility index (Phi) is 1.93. The fraction of sp³-hybridized carbons (Fsp3) is 0.923. The first kappa shape index (κ1) is 9.68. The second kappa shape index (κ2) is 2.99. The summed E-state index contributed by atoms with van der Waals surface area (Å²) in [5, 5.41) is 9.09. The van der Waals surface area contributed by atoms with Crippen LogP contribution in [0.2, 0.25) is 0 Å². The highest BCUT2D eigenvalue weighted by molar-refractivity contribution is 5.70. The van der Waals surface area contributed by atoms with E-state index in [0.717, 1.165) is 48.3 Å². The summed E-state index contributed by atoms with van der Waals surface area (Å²) in [5.41, 5.74) is 0. The molecule has 0 heterocycles. The molecule has 2 bridgehead atoms. The SMILES string of the molecule is CC1C(C)C2CC1C1CC(C(=O)O)CC21. The molecule has 2 heteroatoms. The Labute approximate surface area is 91.1 Å². The van der Waals surface area contributed by atoms with E-state index in [0.29, 0.717) is 0 Å². The standard InChI is InChI=1S/C13H20O2/c1-6-7(2)10-5-9(6)11-3-8(13(14)15)4-12(10)11/h6-12H,3-5H2,1-2H3,(H,14,15). The first-order valence-electron chi connectivity index (χ1n) is 6.32. The van der Waals surface area contributed by atoms with Gasteiger partial charge in [0, 0.05) is 0 Å². The number of aliphatic carboxylic acids is 1. The normalized spacial score (nSPS) is 57.1. The van der Waals surface area contributed by atoms with Crippen LogP contribution in [0.3, 0.4) is 0 Å². The smallest absolute Gasteiger partial charge is 0.306 e. The van der Waals surface area contributed by atoms with E-state index in [1.165, 1.54) is 6.42 Å². The molecule has 6 unspecified atom stereocenters. The summed E-state index contributed by atoms with van der Waals surface area (Å²) in [6, 6.07) is 0. The number of hydrogen-bond donors (Lipinski definition) is 1. The molecule has 0 aliphatic heterocycles. The van der Waals surface area contributed by atoms with E-state index in [1.807, 2.05) is 0 Å². The van der Waals surface area contributed by atoms with Crippen LogP contribution in [0.1, 0.15) is 33.1 Å². The summed E-state index contributed by atoms with van der Waals surface area (Å²) < 4.78 is 0. The fourth-order valence-corrected chi connectivity index (χ4v) is 4.94. The number of carbonyl (C=O) groups is 1. The van der Waals surface area contributed by atoms with Gasteiger partial charge in [0.25, 0.3) is 0 Å². The van der Waals surface area contributed by atoms with Crippen LogP contribution in [0.25, 0.3) is 0 Å². The summed E-state index contributed by atoms with van der Waals surface area (Å²) in [6.45, 7) is 4.75. The second-order valence-electron chi connectivity index (χ2n) is 6.12. The minimum atomic E-state index is -0.552. The van der Waals surface area contributed by atoms with Crippen molar-refractivity contribution in [3.63, 3.8) is 0 Å². The highest BCUT2D eigenvalue weighted by Crippen LogP contribution is 2.64. The molecule has 15 heavy (non-hydrogen) atoms. The molecule has 2 nitrogen and oxygen atoms in total. The highest BCUT2D eigenvalue weighted by Gasteiger charge is 2.58. The summed E-state index contributed by atoms with van der Waals surface area (Å²) in [4.78, 5) is 11.0. The maximum Gasteiger partial charge on any atom is 0.306 e. The Hall–Kier alpha value is -0.530. The molecule has 6 atom stereocenters. The Bertz CT molecular complexity index is 277. The van der Waals surface area contributed by atoms with Crippen LogP contribution in [0, 0.1) is 41.4 Å². The zero-order chi connectivity index (χ0) is 10.7. The van der Waals surface area contributed by atoms with Crippen LogP contribution in [0.4, 0.5) is 0 Å². The van der Waals surface area contributed by atoms with E-state index in [2.05, 4.69) is 13.8 Å². The lowest BCUT2D eigenvalue weighted by Gasteiger charge is -2.34. The number of carboxylic acids is 1. The van der Waals surface area contributed by atoms with Gasteiger partial charge in [-0.15, -0.1) is 0 Å². The van der Waals surface area contributed by atoms with Gasteiger partial charge in [-0.25, -0.2) is 0 Å². The van der Waals surface area contributed by atoms with Crippen molar-refractivity contribution < 1.29 is 9.90 Å².